The second-order valence-corrected chi connectivity index (χ2v) is 9.35. The van der Waals surface area contributed by atoms with E-state index in [-0.39, 0.29) is 24.1 Å². The van der Waals surface area contributed by atoms with Crippen LogP contribution < -0.4 is 10.6 Å². The molecule has 4 aromatic rings. The molecule has 2 aromatic carbocycles. The Morgan fingerprint density at radius 2 is 1.87 bits per heavy atom. The number of hydrogen-bond donors (Lipinski definition) is 2. The number of carbonyl (C=O) groups is 1. The number of pyridine rings is 1. The summed E-state index contributed by atoms with van der Waals surface area (Å²) < 4.78 is 6.21. The molecule has 1 aliphatic rings. The molecule has 5 rings (SSSR count). The molecule has 2 aromatic heterocycles. The highest BCUT2D eigenvalue weighted by atomic mass is 32.1. The number of furan rings is 1. The number of amides is 1. The molecule has 0 radical (unpaired) electrons. The van der Waals surface area contributed by atoms with Crippen LogP contribution in [0.2, 0.25) is 0 Å². The minimum atomic E-state index is -0.431. The molecule has 2 atom stereocenters. The van der Waals surface area contributed by atoms with Crippen molar-refractivity contribution in [3.8, 4) is 11.3 Å². The maximum atomic E-state index is 12.7. The summed E-state index contributed by atoms with van der Waals surface area (Å²) >= 11 is 5.67. The van der Waals surface area contributed by atoms with Crippen molar-refractivity contribution in [2.75, 3.05) is 11.9 Å². The molecular weight excluding hydrogens is 502 g/mol. The van der Waals surface area contributed by atoms with Gasteiger partial charge in [-0.15, -0.1) is 0 Å². The molecule has 9 nitrogen and oxygen atoms in total. The summed E-state index contributed by atoms with van der Waals surface area (Å²) in [4.78, 5) is 30.3. The first kappa shape index (κ1) is 25.1. The Balaban J connectivity index is 1.42. The molecule has 1 saturated heterocycles. The van der Waals surface area contributed by atoms with Crippen molar-refractivity contribution in [3.05, 3.63) is 112 Å². The van der Waals surface area contributed by atoms with E-state index in [9.17, 15) is 14.9 Å². The molecule has 2 N–H and O–H groups in total. The average Bonchev–Trinajstić information content (AvgIpc) is 3.53. The van der Waals surface area contributed by atoms with Crippen molar-refractivity contribution < 1.29 is 14.1 Å². The van der Waals surface area contributed by atoms with Crippen LogP contribution in [0.25, 0.3) is 11.3 Å². The molecule has 10 heteroatoms. The van der Waals surface area contributed by atoms with Crippen molar-refractivity contribution in [1.82, 2.24) is 15.2 Å². The topological polar surface area (TPSA) is 114 Å². The van der Waals surface area contributed by atoms with E-state index in [2.05, 4.69) is 15.6 Å². The normalized spacial score (nSPS) is 16.8. The molecule has 0 saturated carbocycles. The summed E-state index contributed by atoms with van der Waals surface area (Å²) in [5.74, 6) is 0.791. The highest BCUT2D eigenvalue weighted by Crippen LogP contribution is 2.41. The van der Waals surface area contributed by atoms with Crippen LogP contribution in [-0.4, -0.2) is 32.4 Å². The first-order valence-corrected chi connectivity index (χ1v) is 12.5. The minimum Gasteiger partial charge on any atom is -0.459 e. The van der Waals surface area contributed by atoms with E-state index < -0.39 is 11.0 Å². The number of hydrogen-bond acceptors (Lipinski definition) is 6. The highest BCUT2D eigenvalue weighted by molar-refractivity contribution is 7.80. The second-order valence-electron chi connectivity index (χ2n) is 8.96. The van der Waals surface area contributed by atoms with E-state index in [1.54, 1.807) is 36.5 Å². The first-order chi connectivity index (χ1) is 18.4. The standard InChI is InChI=1S/C28H25N5O4S/c1-18-9-11-19(12-10-18)30-25(34)15-17-32-27(26(31-28(32)38)21-7-4-5-16-29-21)24-14-13-23(37-24)20-6-2-3-8-22(20)33(35)36/h2-14,16,26-27H,15,17H2,1H3,(H,30,34)(H,31,38)/t26-,27+/m1/s1. The van der Waals surface area contributed by atoms with Gasteiger partial charge in [-0.1, -0.05) is 35.9 Å². The fourth-order valence-corrected chi connectivity index (χ4v) is 4.87. The van der Waals surface area contributed by atoms with Gasteiger partial charge in [-0.05, 0) is 61.6 Å². The molecule has 1 amide bonds. The predicted octanol–water partition coefficient (Wildman–Crippen LogP) is 5.56. The van der Waals surface area contributed by atoms with E-state index in [4.69, 9.17) is 16.6 Å². The molecule has 0 bridgehead atoms. The van der Waals surface area contributed by atoms with E-state index >= 15 is 0 Å². The highest BCUT2D eigenvalue weighted by Gasteiger charge is 2.41. The van der Waals surface area contributed by atoms with Crippen molar-refractivity contribution in [3.63, 3.8) is 0 Å². The third-order valence-corrected chi connectivity index (χ3v) is 6.75. The van der Waals surface area contributed by atoms with Crippen molar-refractivity contribution in [2.45, 2.75) is 25.4 Å². The zero-order valence-corrected chi connectivity index (χ0v) is 21.4. The number of aromatic nitrogens is 1. The Bertz CT molecular complexity index is 1470. The van der Waals surface area contributed by atoms with Gasteiger partial charge in [0, 0.05) is 30.9 Å². The number of carbonyl (C=O) groups excluding carboxylic acids is 1. The fraction of sp³-hybridized carbons (Fsp3) is 0.179. The number of thiocarbonyl (C=S) groups is 1. The lowest BCUT2D eigenvalue weighted by Gasteiger charge is -2.25. The molecule has 38 heavy (non-hydrogen) atoms. The Kier molecular flexibility index (Phi) is 7.14. The summed E-state index contributed by atoms with van der Waals surface area (Å²) in [5, 5.41) is 18.3. The van der Waals surface area contributed by atoms with Crippen LogP contribution in [0.1, 0.15) is 35.5 Å². The summed E-state index contributed by atoms with van der Waals surface area (Å²) in [6, 6.07) is 22.4. The number of nitro groups is 1. The van der Waals surface area contributed by atoms with Crippen molar-refractivity contribution >= 4 is 34.6 Å². The molecule has 3 heterocycles. The van der Waals surface area contributed by atoms with Gasteiger partial charge in [0.25, 0.3) is 5.69 Å². The van der Waals surface area contributed by atoms with Gasteiger partial charge in [0.2, 0.25) is 5.91 Å². The molecule has 0 aliphatic carbocycles. The molecule has 0 unspecified atom stereocenters. The third kappa shape index (κ3) is 5.25. The van der Waals surface area contributed by atoms with E-state index in [0.717, 1.165) is 16.9 Å². The first-order valence-electron chi connectivity index (χ1n) is 12.1. The van der Waals surface area contributed by atoms with Crippen LogP contribution in [-0.2, 0) is 4.79 Å². The quantitative estimate of drug-likeness (QED) is 0.174. The largest absolute Gasteiger partial charge is 0.459 e. The summed E-state index contributed by atoms with van der Waals surface area (Å²) in [5.41, 5.74) is 2.94. The Morgan fingerprint density at radius 1 is 1.11 bits per heavy atom. The number of nitrogens with zero attached hydrogens (tertiary/aromatic N) is 3. The Morgan fingerprint density at radius 3 is 2.61 bits per heavy atom. The van der Waals surface area contributed by atoms with Crippen LogP contribution in [0.3, 0.4) is 0 Å². The average molecular weight is 528 g/mol. The minimum absolute atomic E-state index is 0.0422. The van der Waals surface area contributed by atoms with Gasteiger partial charge in [-0.3, -0.25) is 19.9 Å². The van der Waals surface area contributed by atoms with Crippen molar-refractivity contribution in [2.24, 2.45) is 0 Å². The summed E-state index contributed by atoms with van der Waals surface area (Å²) in [6.45, 7) is 2.32. The van der Waals surface area contributed by atoms with Gasteiger partial charge < -0.3 is 20.0 Å². The number of rotatable bonds is 8. The van der Waals surface area contributed by atoms with Crippen LogP contribution in [0.5, 0.6) is 0 Å². The van der Waals surface area contributed by atoms with Crippen LogP contribution >= 0.6 is 12.2 Å². The van der Waals surface area contributed by atoms with Gasteiger partial charge in [-0.2, -0.15) is 0 Å². The monoisotopic (exact) mass is 527 g/mol. The Labute approximate surface area is 224 Å². The second kappa shape index (κ2) is 10.8. The number of aryl methyl sites for hydroxylation is 1. The van der Waals surface area contributed by atoms with Gasteiger partial charge >= 0.3 is 0 Å². The molecule has 192 valence electrons. The lowest BCUT2D eigenvalue weighted by atomic mass is 10.0. The molecule has 1 fully saturated rings. The summed E-state index contributed by atoms with van der Waals surface area (Å²) in [6.07, 6.45) is 1.90. The zero-order chi connectivity index (χ0) is 26.6. The molecule has 0 spiro atoms. The number of nitro benzene ring substituents is 1. The van der Waals surface area contributed by atoms with Crippen LogP contribution in [0, 0.1) is 17.0 Å². The van der Waals surface area contributed by atoms with Gasteiger partial charge in [0.05, 0.1) is 22.2 Å². The fourth-order valence-electron chi connectivity index (χ4n) is 4.54. The van der Waals surface area contributed by atoms with E-state index in [1.165, 1.54) is 6.07 Å². The Hall–Kier alpha value is -4.57. The van der Waals surface area contributed by atoms with Gasteiger partial charge in [0.15, 0.2) is 5.11 Å². The lowest BCUT2D eigenvalue weighted by Crippen LogP contribution is -2.32. The van der Waals surface area contributed by atoms with Crippen molar-refractivity contribution in [1.29, 1.82) is 0 Å². The zero-order valence-electron chi connectivity index (χ0n) is 20.5. The van der Waals surface area contributed by atoms with Gasteiger partial charge in [0.1, 0.15) is 17.6 Å². The molecule has 1 aliphatic heterocycles. The smallest absolute Gasteiger partial charge is 0.280 e. The number of para-hydroxylation sites is 1. The van der Waals surface area contributed by atoms with E-state index in [0.29, 0.717) is 28.7 Å². The maximum Gasteiger partial charge on any atom is 0.280 e. The number of nitrogens with one attached hydrogen (secondary N) is 2. The van der Waals surface area contributed by atoms with Crippen LogP contribution in [0.4, 0.5) is 11.4 Å². The van der Waals surface area contributed by atoms with Crippen LogP contribution in [0.15, 0.2) is 89.5 Å². The summed E-state index contributed by atoms with van der Waals surface area (Å²) in [7, 11) is 0. The predicted molar refractivity (Wildman–Crippen MR) is 147 cm³/mol. The number of anilines is 1. The molecular formula is C28H25N5O4S. The SMILES string of the molecule is Cc1ccc(NC(=O)CCN2C(=S)N[C@H](c3ccccn3)[C@@H]2c2ccc(-c3ccccc3[N+](=O)[O-])o2)cc1. The number of benzene rings is 2. The maximum absolute atomic E-state index is 12.7. The lowest BCUT2D eigenvalue weighted by molar-refractivity contribution is -0.384. The third-order valence-electron chi connectivity index (χ3n) is 6.40. The van der Waals surface area contributed by atoms with E-state index in [1.807, 2.05) is 54.3 Å². The van der Waals surface area contributed by atoms with Gasteiger partial charge in [-0.25, -0.2) is 0 Å².